The van der Waals surface area contributed by atoms with E-state index in [-0.39, 0.29) is 42.8 Å². The quantitative estimate of drug-likeness (QED) is 0.197. The Kier molecular flexibility index (Phi) is 9.11. The van der Waals surface area contributed by atoms with E-state index in [1.165, 1.54) is 4.88 Å². The first-order chi connectivity index (χ1) is 21.2. The first-order valence-corrected chi connectivity index (χ1v) is 17.3. The highest BCUT2D eigenvalue weighted by Gasteiger charge is 2.42. The first kappa shape index (κ1) is 30.8. The molecule has 3 N–H and O–H groups in total. The van der Waals surface area contributed by atoms with Crippen LogP contribution >= 0.6 is 34.7 Å². The molecule has 0 radical (unpaired) electrons. The van der Waals surface area contributed by atoms with Crippen LogP contribution in [0.2, 0.25) is 5.02 Å². The molecular formula is C31H36ClN7O3S2. The number of halogens is 1. The molecule has 5 heterocycles. The maximum atomic E-state index is 13.2. The molecule has 0 aliphatic carbocycles. The van der Waals surface area contributed by atoms with Gasteiger partial charge in [-0.2, -0.15) is 11.8 Å². The number of ketones is 1. The van der Waals surface area contributed by atoms with E-state index >= 15 is 0 Å². The summed E-state index contributed by atoms with van der Waals surface area (Å²) in [6.07, 6.45) is 3.60. The van der Waals surface area contributed by atoms with Gasteiger partial charge >= 0.3 is 6.03 Å². The monoisotopic (exact) mass is 653 g/mol. The predicted octanol–water partition coefficient (Wildman–Crippen LogP) is 4.99. The van der Waals surface area contributed by atoms with E-state index in [4.69, 9.17) is 16.6 Å². The first-order valence-electron chi connectivity index (χ1n) is 15.0. The number of urea groups is 1. The molecule has 2 saturated heterocycles. The van der Waals surface area contributed by atoms with Crippen LogP contribution in [0.25, 0.3) is 5.00 Å². The molecular weight excluding hydrogens is 618 g/mol. The number of unbranched alkanes of at least 4 members (excludes halogenated alkanes) is 1. The lowest BCUT2D eigenvalue weighted by atomic mass is 9.99. The van der Waals surface area contributed by atoms with Gasteiger partial charge in [-0.25, -0.2) is 4.79 Å². The molecule has 44 heavy (non-hydrogen) atoms. The Morgan fingerprint density at radius 3 is 2.68 bits per heavy atom. The summed E-state index contributed by atoms with van der Waals surface area (Å²) in [5, 5.41) is 19.7. The average molecular weight is 654 g/mol. The number of aryl methyl sites for hydroxylation is 2. The van der Waals surface area contributed by atoms with Crippen LogP contribution in [0.1, 0.15) is 77.8 Å². The Morgan fingerprint density at radius 2 is 1.89 bits per heavy atom. The molecule has 3 aromatic rings. The minimum Gasteiger partial charge on any atom is -0.356 e. The number of rotatable bonds is 11. The summed E-state index contributed by atoms with van der Waals surface area (Å²) in [4.78, 5) is 43.6. The number of nitrogens with zero attached hydrogens (tertiary/aromatic N) is 4. The zero-order valence-corrected chi connectivity index (χ0v) is 27.4. The van der Waals surface area contributed by atoms with Crippen molar-refractivity contribution in [2.75, 3.05) is 12.3 Å². The summed E-state index contributed by atoms with van der Waals surface area (Å²) >= 11 is 9.75. The molecule has 3 aliphatic rings. The lowest BCUT2D eigenvalue weighted by molar-refractivity contribution is -0.122. The zero-order chi connectivity index (χ0) is 31.0. The number of hydrogen-bond donors (Lipinski definition) is 3. The standard InChI is InChI=1S/C31H36ClN7O3S2/c1-16-17(2)44-30-26(16)27(19-8-10-20(32)11-9-19)34-22(29-38-37-18(3)39(29)30)14-25(41)33-13-12-21(40)6-4-5-7-24-28-23(15-43-24)35-31(42)36-28/h8-11,22-24,28H,4-7,12-15H2,1-3H3,(H,33,41)(H2,35,36,42)/t22?,23-,24-,28-/m0/s1. The number of fused-ring (bicyclic) bond motifs is 4. The molecule has 0 bridgehead atoms. The minimum atomic E-state index is -0.551. The molecule has 13 heteroatoms. The smallest absolute Gasteiger partial charge is 0.315 e. The molecule has 2 aromatic heterocycles. The molecule has 0 saturated carbocycles. The number of aliphatic imine (C=N–C) groups is 1. The second-order valence-electron chi connectivity index (χ2n) is 11.6. The van der Waals surface area contributed by atoms with Gasteiger partial charge in [-0.05, 0) is 51.3 Å². The maximum absolute atomic E-state index is 13.2. The number of carbonyl (C=O) groups is 3. The van der Waals surface area contributed by atoms with E-state index in [1.807, 2.05) is 47.5 Å². The van der Waals surface area contributed by atoms with Crippen molar-refractivity contribution in [2.24, 2.45) is 4.99 Å². The van der Waals surface area contributed by atoms with Gasteiger partial charge in [-0.3, -0.25) is 19.1 Å². The molecule has 3 aliphatic heterocycles. The lowest BCUT2D eigenvalue weighted by Crippen LogP contribution is -2.36. The second-order valence-corrected chi connectivity index (χ2v) is 14.5. The van der Waals surface area contributed by atoms with Gasteiger partial charge in [0.15, 0.2) is 5.82 Å². The summed E-state index contributed by atoms with van der Waals surface area (Å²) < 4.78 is 2.02. The van der Waals surface area contributed by atoms with Gasteiger partial charge in [0.05, 0.1) is 24.2 Å². The van der Waals surface area contributed by atoms with Gasteiger partial charge in [0.1, 0.15) is 22.7 Å². The second kappa shape index (κ2) is 13.0. The molecule has 2 fully saturated rings. The Bertz CT molecular complexity index is 1620. The third-order valence-corrected chi connectivity index (χ3v) is 11.5. The summed E-state index contributed by atoms with van der Waals surface area (Å²) in [6, 6.07) is 7.38. The van der Waals surface area contributed by atoms with E-state index in [0.29, 0.717) is 28.9 Å². The van der Waals surface area contributed by atoms with Crippen LogP contribution in [0.5, 0.6) is 0 Å². The van der Waals surface area contributed by atoms with Crippen molar-refractivity contribution in [3.63, 3.8) is 0 Å². The van der Waals surface area contributed by atoms with Crippen molar-refractivity contribution in [3.8, 4) is 5.00 Å². The molecule has 1 aromatic carbocycles. The van der Waals surface area contributed by atoms with Crippen LogP contribution in [0.3, 0.4) is 0 Å². The highest BCUT2D eigenvalue weighted by molar-refractivity contribution is 8.00. The van der Waals surface area contributed by atoms with Gasteiger partial charge in [0.25, 0.3) is 0 Å². The number of benzene rings is 1. The van der Waals surface area contributed by atoms with E-state index in [9.17, 15) is 14.4 Å². The van der Waals surface area contributed by atoms with Crippen molar-refractivity contribution in [1.82, 2.24) is 30.7 Å². The fourth-order valence-electron chi connectivity index (χ4n) is 6.16. The van der Waals surface area contributed by atoms with Crippen molar-refractivity contribution >= 4 is 58.1 Å². The molecule has 1 unspecified atom stereocenters. The van der Waals surface area contributed by atoms with Crippen molar-refractivity contribution in [1.29, 1.82) is 0 Å². The van der Waals surface area contributed by atoms with Crippen LogP contribution in [0.4, 0.5) is 4.79 Å². The normalized spacial score (nSPS) is 21.9. The Morgan fingerprint density at radius 1 is 1.09 bits per heavy atom. The maximum Gasteiger partial charge on any atom is 0.315 e. The molecule has 10 nitrogen and oxygen atoms in total. The van der Waals surface area contributed by atoms with Gasteiger partial charge in [0.2, 0.25) is 5.91 Å². The van der Waals surface area contributed by atoms with Crippen LogP contribution in [-0.4, -0.2) is 67.8 Å². The number of hydrogen-bond acceptors (Lipinski definition) is 8. The summed E-state index contributed by atoms with van der Waals surface area (Å²) in [6.45, 7) is 6.38. The molecule has 4 atom stereocenters. The van der Waals surface area contributed by atoms with Crippen LogP contribution < -0.4 is 16.0 Å². The SMILES string of the molecule is Cc1sc2c(c1C)C(c1ccc(Cl)cc1)=NC(CC(=O)NCCC(=O)CCCC[C@@H]1SC[C@@H]3NC(=O)N[C@@H]31)c1nnc(C)n1-2. The minimum absolute atomic E-state index is 0.0750. The third-order valence-electron chi connectivity index (χ3n) is 8.59. The predicted molar refractivity (Wildman–Crippen MR) is 174 cm³/mol. The number of aromatic nitrogens is 3. The Balaban J connectivity index is 1.06. The average Bonchev–Trinajstić information content (AvgIpc) is 3.71. The van der Waals surface area contributed by atoms with Gasteiger partial charge in [-0.15, -0.1) is 21.5 Å². The topological polar surface area (TPSA) is 130 Å². The highest BCUT2D eigenvalue weighted by Crippen LogP contribution is 2.39. The van der Waals surface area contributed by atoms with Gasteiger partial charge < -0.3 is 16.0 Å². The molecule has 3 amide bonds. The van der Waals surface area contributed by atoms with E-state index < -0.39 is 6.04 Å². The molecule has 0 spiro atoms. The largest absolute Gasteiger partial charge is 0.356 e. The lowest BCUT2D eigenvalue weighted by Gasteiger charge is -2.16. The third kappa shape index (κ3) is 6.29. The van der Waals surface area contributed by atoms with Gasteiger partial charge in [0, 0.05) is 51.4 Å². The van der Waals surface area contributed by atoms with Gasteiger partial charge in [-0.1, -0.05) is 30.2 Å². The number of nitrogens with one attached hydrogen (secondary N) is 3. The summed E-state index contributed by atoms with van der Waals surface area (Å²) in [7, 11) is 0. The van der Waals surface area contributed by atoms with E-state index in [0.717, 1.165) is 58.2 Å². The van der Waals surface area contributed by atoms with E-state index in [1.54, 1.807) is 11.3 Å². The van der Waals surface area contributed by atoms with Crippen LogP contribution in [0.15, 0.2) is 29.3 Å². The fraction of sp³-hybridized carbons (Fsp3) is 0.484. The number of Topliss-reactive ketones (excluding diaryl/α,β-unsaturated/α-hetero) is 1. The number of thiophene rings is 1. The molecule has 6 rings (SSSR count). The number of thioether (sulfide) groups is 1. The van der Waals surface area contributed by atoms with Crippen molar-refractivity contribution in [3.05, 3.63) is 62.5 Å². The fourth-order valence-corrected chi connectivity index (χ4v) is 9.04. The number of carbonyl (C=O) groups excluding carboxylic acids is 3. The summed E-state index contributed by atoms with van der Waals surface area (Å²) in [5.74, 6) is 2.25. The van der Waals surface area contributed by atoms with Crippen molar-refractivity contribution < 1.29 is 14.4 Å². The number of amides is 3. The highest BCUT2D eigenvalue weighted by atomic mass is 35.5. The van der Waals surface area contributed by atoms with E-state index in [2.05, 4.69) is 40.0 Å². The zero-order valence-electron chi connectivity index (χ0n) is 25.0. The molecule has 232 valence electrons. The van der Waals surface area contributed by atoms with Crippen LogP contribution in [-0.2, 0) is 9.59 Å². The van der Waals surface area contributed by atoms with Crippen molar-refractivity contribution in [2.45, 2.75) is 82.7 Å². The Labute approximate surface area is 269 Å². The Hall–Kier alpha value is -3.22. The summed E-state index contributed by atoms with van der Waals surface area (Å²) in [5.41, 5.74) is 3.87. The van der Waals surface area contributed by atoms with Crippen LogP contribution in [0, 0.1) is 20.8 Å².